The summed E-state index contributed by atoms with van der Waals surface area (Å²) in [5, 5.41) is 0.853. The maximum atomic E-state index is 12.6. The molecule has 1 amide bonds. The van der Waals surface area contributed by atoms with Crippen molar-refractivity contribution >= 4 is 29.3 Å². The molecule has 1 saturated heterocycles. The molecule has 0 radical (unpaired) electrons. The molecule has 0 bridgehead atoms. The fraction of sp³-hybridized carbons (Fsp3) is 0.316. The van der Waals surface area contributed by atoms with Crippen LogP contribution in [0.25, 0.3) is 0 Å². The van der Waals surface area contributed by atoms with E-state index in [2.05, 4.69) is 31.2 Å². The molecule has 0 aliphatic carbocycles. The van der Waals surface area contributed by atoms with Gasteiger partial charge in [-0.3, -0.25) is 4.79 Å². The molecule has 2 aromatic rings. The van der Waals surface area contributed by atoms with E-state index < -0.39 is 0 Å². The first-order valence-corrected chi connectivity index (χ1v) is 9.28. The molecule has 1 aliphatic rings. The van der Waals surface area contributed by atoms with Gasteiger partial charge < -0.3 is 4.90 Å². The van der Waals surface area contributed by atoms with Crippen LogP contribution < -0.4 is 0 Å². The summed E-state index contributed by atoms with van der Waals surface area (Å²) in [7, 11) is 0. The number of hydrogen-bond acceptors (Lipinski definition) is 2. The highest BCUT2D eigenvalue weighted by atomic mass is 35.5. The minimum Gasteiger partial charge on any atom is -0.326 e. The van der Waals surface area contributed by atoms with Crippen LogP contribution in [0.3, 0.4) is 0 Å². The van der Waals surface area contributed by atoms with Gasteiger partial charge in [-0.05, 0) is 36.6 Å². The van der Waals surface area contributed by atoms with Gasteiger partial charge in [0.05, 0.1) is 0 Å². The number of benzene rings is 2. The number of carbonyl (C=O) groups excluding carboxylic acids is 1. The molecule has 2 aromatic carbocycles. The second-order valence-corrected chi connectivity index (χ2v) is 7.48. The highest BCUT2D eigenvalue weighted by molar-refractivity contribution is 7.99. The van der Waals surface area contributed by atoms with Gasteiger partial charge in [-0.1, -0.05) is 53.6 Å². The van der Waals surface area contributed by atoms with Crippen LogP contribution >= 0.6 is 23.4 Å². The molecule has 23 heavy (non-hydrogen) atoms. The fourth-order valence-electron chi connectivity index (χ4n) is 2.89. The molecule has 3 rings (SSSR count). The SMILES string of the molecule is Cc1cccc(CCC(=O)N2CCSC2c2ccc(Cl)cc2)c1. The molecule has 1 atom stereocenters. The van der Waals surface area contributed by atoms with Gasteiger partial charge in [0.2, 0.25) is 5.91 Å². The molecule has 0 aromatic heterocycles. The van der Waals surface area contributed by atoms with E-state index in [0.717, 1.165) is 29.3 Å². The van der Waals surface area contributed by atoms with Gasteiger partial charge in [0.1, 0.15) is 5.37 Å². The molecule has 1 heterocycles. The summed E-state index contributed by atoms with van der Waals surface area (Å²) in [5.74, 6) is 1.22. The Balaban J connectivity index is 1.65. The van der Waals surface area contributed by atoms with Crippen LogP contribution in [0.2, 0.25) is 5.02 Å². The summed E-state index contributed by atoms with van der Waals surface area (Å²) < 4.78 is 0. The minimum atomic E-state index is 0.122. The van der Waals surface area contributed by atoms with Gasteiger partial charge in [-0.25, -0.2) is 0 Å². The normalized spacial score (nSPS) is 17.5. The van der Waals surface area contributed by atoms with Crippen molar-refractivity contribution in [2.75, 3.05) is 12.3 Å². The first kappa shape index (κ1) is 16.4. The number of aryl methyl sites for hydroxylation is 2. The van der Waals surface area contributed by atoms with E-state index in [1.54, 1.807) is 0 Å². The van der Waals surface area contributed by atoms with Crippen molar-refractivity contribution in [1.29, 1.82) is 0 Å². The summed E-state index contributed by atoms with van der Waals surface area (Å²) in [4.78, 5) is 14.6. The Morgan fingerprint density at radius 3 is 2.78 bits per heavy atom. The van der Waals surface area contributed by atoms with Gasteiger partial charge in [-0.15, -0.1) is 11.8 Å². The third-order valence-electron chi connectivity index (χ3n) is 4.08. The van der Waals surface area contributed by atoms with E-state index in [1.807, 2.05) is 40.9 Å². The predicted molar refractivity (Wildman–Crippen MR) is 97.9 cm³/mol. The number of thioether (sulfide) groups is 1. The molecule has 120 valence electrons. The van der Waals surface area contributed by atoms with Crippen LogP contribution in [0.5, 0.6) is 0 Å². The number of hydrogen-bond donors (Lipinski definition) is 0. The monoisotopic (exact) mass is 345 g/mol. The van der Waals surface area contributed by atoms with Crippen molar-refractivity contribution in [3.8, 4) is 0 Å². The summed E-state index contributed by atoms with van der Waals surface area (Å²) >= 11 is 7.78. The van der Waals surface area contributed by atoms with Gasteiger partial charge in [0.25, 0.3) is 0 Å². The lowest BCUT2D eigenvalue weighted by Gasteiger charge is -2.24. The fourth-order valence-corrected chi connectivity index (χ4v) is 4.30. The van der Waals surface area contributed by atoms with E-state index in [9.17, 15) is 4.79 Å². The molecular weight excluding hydrogens is 326 g/mol. The topological polar surface area (TPSA) is 20.3 Å². The standard InChI is InChI=1S/C19H20ClNOS/c1-14-3-2-4-15(13-14)5-10-18(22)21-11-12-23-19(21)16-6-8-17(20)9-7-16/h2-4,6-9,13,19H,5,10-12H2,1H3. The highest BCUT2D eigenvalue weighted by Gasteiger charge is 2.30. The van der Waals surface area contributed by atoms with Crippen molar-refractivity contribution in [2.45, 2.75) is 25.1 Å². The van der Waals surface area contributed by atoms with Gasteiger partial charge in [-0.2, -0.15) is 0 Å². The molecule has 4 heteroatoms. The van der Waals surface area contributed by atoms with Crippen molar-refractivity contribution in [3.63, 3.8) is 0 Å². The zero-order valence-corrected chi connectivity index (χ0v) is 14.7. The maximum absolute atomic E-state index is 12.6. The van der Waals surface area contributed by atoms with Crippen LogP contribution in [0.15, 0.2) is 48.5 Å². The summed E-state index contributed by atoms with van der Waals surface area (Å²) in [6, 6.07) is 16.2. The molecule has 1 fully saturated rings. The van der Waals surface area contributed by atoms with Gasteiger partial charge in [0.15, 0.2) is 0 Å². The van der Waals surface area contributed by atoms with Crippen molar-refractivity contribution in [1.82, 2.24) is 4.90 Å². The molecule has 0 saturated carbocycles. The van der Waals surface area contributed by atoms with Crippen LogP contribution in [0, 0.1) is 6.92 Å². The van der Waals surface area contributed by atoms with E-state index in [0.29, 0.717) is 6.42 Å². The van der Waals surface area contributed by atoms with Crippen molar-refractivity contribution < 1.29 is 4.79 Å². The Labute approximate surface area is 146 Å². The van der Waals surface area contributed by atoms with Gasteiger partial charge in [0, 0.05) is 23.7 Å². The lowest BCUT2D eigenvalue weighted by molar-refractivity contribution is -0.131. The minimum absolute atomic E-state index is 0.122. The summed E-state index contributed by atoms with van der Waals surface area (Å²) in [6.45, 7) is 2.91. The van der Waals surface area contributed by atoms with Crippen LogP contribution in [-0.4, -0.2) is 23.1 Å². The van der Waals surface area contributed by atoms with E-state index in [-0.39, 0.29) is 11.3 Å². The number of carbonyl (C=O) groups is 1. The number of nitrogens with zero attached hydrogens (tertiary/aromatic N) is 1. The third-order valence-corrected chi connectivity index (χ3v) is 5.59. The van der Waals surface area contributed by atoms with Crippen LogP contribution in [-0.2, 0) is 11.2 Å². The average molecular weight is 346 g/mol. The summed E-state index contributed by atoms with van der Waals surface area (Å²) in [6.07, 6.45) is 1.36. The van der Waals surface area contributed by atoms with E-state index in [4.69, 9.17) is 11.6 Å². The van der Waals surface area contributed by atoms with Crippen molar-refractivity contribution in [3.05, 3.63) is 70.2 Å². The second kappa shape index (κ2) is 7.41. The lowest BCUT2D eigenvalue weighted by Crippen LogP contribution is -2.30. The van der Waals surface area contributed by atoms with Crippen LogP contribution in [0.1, 0.15) is 28.5 Å². The van der Waals surface area contributed by atoms with E-state index >= 15 is 0 Å². The molecule has 1 unspecified atom stereocenters. The Hall–Kier alpha value is -1.45. The Morgan fingerprint density at radius 1 is 1.26 bits per heavy atom. The maximum Gasteiger partial charge on any atom is 0.224 e. The second-order valence-electron chi connectivity index (χ2n) is 5.85. The zero-order valence-electron chi connectivity index (χ0n) is 13.2. The van der Waals surface area contributed by atoms with Crippen LogP contribution in [0.4, 0.5) is 0 Å². The predicted octanol–water partition coefficient (Wildman–Crippen LogP) is 4.86. The van der Waals surface area contributed by atoms with Gasteiger partial charge >= 0.3 is 0 Å². The molecule has 2 nitrogen and oxygen atoms in total. The van der Waals surface area contributed by atoms with E-state index in [1.165, 1.54) is 11.1 Å². The Kier molecular flexibility index (Phi) is 5.29. The quantitative estimate of drug-likeness (QED) is 0.789. The number of halogens is 1. The summed E-state index contributed by atoms with van der Waals surface area (Å²) in [5.41, 5.74) is 3.62. The Bertz CT molecular complexity index is 686. The molecule has 0 spiro atoms. The molecule has 1 aliphatic heterocycles. The molecule has 0 N–H and O–H groups in total. The smallest absolute Gasteiger partial charge is 0.224 e. The zero-order chi connectivity index (χ0) is 16.2. The third kappa shape index (κ3) is 4.10. The van der Waals surface area contributed by atoms with Crippen molar-refractivity contribution in [2.24, 2.45) is 0 Å². The Morgan fingerprint density at radius 2 is 2.04 bits per heavy atom. The number of amides is 1. The number of rotatable bonds is 4. The average Bonchev–Trinajstić information content (AvgIpc) is 3.03. The molecular formula is C19H20ClNOS. The largest absolute Gasteiger partial charge is 0.326 e. The first-order chi connectivity index (χ1) is 11.1. The lowest BCUT2D eigenvalue weighted by atomic mass is 10.1. The first-order valence-electron chi connectivity index (χ1n) is 7.85. The highest BCUT2D eigenvalue weighted by Crippen LogP contribution is 2.38.